The fourth-order valence-corrected chi connectivity index (χ4v) is 0.798. The lowest BCUT2D eigenvalue weighted by atomic mass is 10.4. The largest absolute Gasteiger partial charge is 0.465 e. The lowest BCUT2D eigenvalue weighted by Gasteiger charge is -2.09. The molecule has 0 amide bonds. The first-order chi connectivity index (χ1) is 4.47. The first kappa shape index (κ1) is 4.88. The molecule has 2 aliphatic rings. The summed E-state index contributed by atoms with van der Waals surface area (Å²) in [6.45, 7) is 0.304. The summed E-state index contributed by atoms with van der Waals surface area (Å²) in [6.07, 6.45) is 4.92. The van der Waals surface area contributed by atoms with Gasteiger partial charge in [-0.05, 0) is 12.2 Å². The number of ether oxygens (including phenoxy) is 3. The molecule has 0 aromatic heterocycles. The van der Waals surface area contributed by atoms with Crippen LogP contribution in [0.4, 0.5) is 0 Å². The second-order valence-electron chi connectivity index (χ2n) is 1.79. The van der Waals surface area contributed by atoms with Crippen LogP contribution >= 0.6 is 0 Å². The molecule has 0 aromatic rings. The molecule has 2 heterocycles. The van der Waals surface area contributed by atoms with E-state index >= 15 is 0 Å². The molecule has 3 heteroatoms. The zero-order valence-electron chi connectivity index (χ0n) is 4.74. The highest BCUT2D eigenvalue weighted by atomic mass is 16.8. The lowest BCUT2D eigenvalue weighted by molar-refractivity contribution is -0.0627. The summed E-state index contributed by atoms with van der Waals surface area (Å²) < 4.78 is 15.0. The summed E-state index contributed by atoms with van der Waals surface area (Å²) in [5, 5.41) is 0. The van der Waals surface area contributed by atoms with Crippen molar-refractivity contribution in [1.82, 2.24) is 0 Å². The van der Waals surface area contributed by atoms with Crippen molar-refractivity contribution in [3.63, 3.8) is 0 Å². The summed E-state index contributed by atoms with van der Waals surface area (Å²) in [5.41, 5.74) is 0. The zero-order valence-corrected chi connectivity index (χ0v) is 4.74. The minimum absolute atomic E-state index is 0.282. The molecule has 0 aliphatic carbocycles. The van der Waals surface area contributed by atoms with Gasteiger partial charge in [-0.3, -0.25) is 4.74 Å². The van der Waals surface area contributed by atoms with Crippen LogP contribution in [0.5, 0.6) is 0 Å². The summed E-state index contributed by atoms with van der Waals surface area (Å²) >= 11 is 0. The molecule has 0 spiro atoms. The van der Waals surface area contributed by atoms with E-state index in [0.29, 0.717) is 6.79 Å². The van der Waals surface area contributed by atoms with Crippen LogP contribution in [0.15, 0.2) is 24.2 Å². The first-order valence-corrected chi connectivity index (χ1v) is 2.73. The molecular formula is C6H6O3. The number of hydrogen-bond acceptors (Lipinski definition) is 3. The van der Waals surface area contributed by atoms with Crippen LogP contribution in [0.2, 0.25) is 0 Å². The average molecular weight is 126 g/mol. The van der Waals surface area contributed by atoms with Gasteiger partial charge in [0.05, 0.1) is 6.26 Å². The quantitative estimate of drug-likeness (QED) is 0.479. The van der Waals surface area contributed by atoms with Crippen LogP contribution < -0.4 is 0 Å². The molecule has 0 aromatic carbocycles. The highest BCUT2D eigenvalue weighted by molar-refractivity contribution is 5.13. The Balaban J connectivity index is 2.23. The van der Waals surface area contributed by atoms with E-state index in [9.17, 15) is 0 Å². The second-order valence-corrected chi connectivity index (χ2v) is 1.79. The highest BCUT2D eigenvalue weighted by Crippen LogP contribution is 2.20. The molecule has 2 rings (SSSR count). The van der Waals surface area contributed by atoms with Crippen LogP contribution in [0.25, 0.3) is 0 Å². The van der Waals surface area contributed by atoms with Crippen molar-refractivity contribution in [2.75, 3.05) is 6.79 Å². The minimum atomic E-state index is -0.282. The van der Waals surface area contributed by atoms with Crippen LogP contribution in [0.1, 0.15) is 0 Å². The molecule has 0 radical (unpaired) electrons. The highest BCUT2D eigenvalue weighted by Gasteiger charge is 2.24. The minimum Gasteiger partial charge on any atom is -0.465 e. The van der Waals surface area contributed by atoms with E-state index in [1.165, 1.54) is 0 Å². The molecule has 0 saturated carbocycles. The number of allylic oxidation sites excluding steroid dienone is 2. The van der Waals surface area contributed by atoms with Crippen molar-refractivity contribution >= 4 is 0 Å². The molecule has 48 valence electrons. The Bertz CT molecular complexity index is 171. The second kappa shape index (κ2) is 1.77. The third kappa shape index (κ3) is 0.695. The topological polar surface area (TPSA) is 27.7 Å². The van der Waals surface area contributed by atoms with Crippen molar-refractivity contribution < 1.29 is 14.2 Å². The third-order valence-corrected chi connectivity index (χ3v) is 1.22. The van der Waals surface area contributed by atoms with Crippen LogP contribution in [0.3, 0.4) is 0 Å². The normalized spacial score (nSPS) is 30.2. The van der Waals surface area contributed by atoms with Gasteiger partial charge in [-0.1, -0.05) is 0 Å². The van der Waals surface area contributed by atoms with E-state index in [-0.39, 0.29) is 6.29 Å². The SMILES string of the molecule is C1=COC2OCOC2=C1. The van der Waals surface area contributed by atoms with E-state index < -0.39 is 0 Å². The zero-order chi connectivity index (χ0) is 6.10. The van der Waals surface area contributed by atoms with Crippen LogP contribution in [-0.4, -0.2) is 13.1 Å². The Morgan fingerprint density at radius 1 is 1.56 bits per heavy atom. The standard InChI is InChI=1S/C6H6O3/c1-2-5-6(7-3-1)9-4-8-5/h1-3,6H,4H2. The van der Waals surface area contributed by atoms with Crippen molar-refractivity contribution in [2.45, 2.75) is 6.29 Å². The van der Waals surface area contributed by atoms with E-state index in [1.807, 2.05) is 6.08 Å². The molecule has 3 nitrogen and oxygen atoms in total. The Hall–Kier alpha value is -0.960. The molecule has 0 bridgehead atoms. The Morgan fingerprint density at radius 3 is 3.44 bits per heavy atom. The van der Waals surface area contributed by atoms with Crippen LogP contribution in [-0.2, 0) is 14.2 Å². The molecule has 9 heavy (non-hydrogen) atoms. The summed E-state index contributed by atoms with van der Waals surface area (Å²) in [6, 6.07) is 0. The van der Waals surface area contributed by atoms with E-state index in [4.69, 9.17) is 14.2 Å². The maximum absolute atomic E-state index is 5.02. The number of rotatable bonds is 0. The van der Waals surface area contributed by atoms with Gasteiger partial charge in [0.2, 0.25) is 0 Å². The molecule has 1 saturated heterocycles. The monoisotopic (exact) mass is 126 g/mol. The molecule has 1 atom stereocenters. The number of fused-ring (bicyclic) bond motifs is 1. The van der Waals surface area contributed by atoms with Gasteiger partial charge in [-0.15, -0.1) is 0 Å². The van der Waals surface area contributed by atoms with Gasteiger partial charge >= 0.3 is 0 Å². The summed E-state index contributed by atoms with van der Waals surface area (Å²) in [5.74, 6) is 0.762. The van der Waals surface area contributed by atoms with Crippen molar-refractivity contribution in [2.24, 2.45) is 0 Å². The van der Waals surface area contributed by atoms with E-state index in [2.05, 4.69) is 0 Å². The van der Waals surface area contributed by atoms with Gasteiger partial charge < -0.3 is 9.47 Å². The van der Waals surface area contributed by atoms with Crippen molar-refractivity contribution in [3.05, 3.63) is 24.2 Å². The van der Waals surface area contributed by atoms with E-state index in [0.717, 1.165) is 5.76 Å². The van der Waals surface area contributed by atoms with Crippen molar-refractivity contribution in [1.29, 1.82) is 0 Å². The van der Waals surface area contributed by atoms with Gasteiger partial charge in [0.15, 0.2) is 12.6 Å². The van der Waals surface area contributed by atoms with E-state index in [1.54, 1.807) is 12.3 Å². The molecule has 1 fully saturated rings. The van der Waals surface area contributed by atoms with Gasteiger partial charge in [0, 0.05) is 0 Å². The smallest absolute Gasteiger partial charge is 0.260 e. The number of hydrogen-bond donors (Lipinski definition) is 0. The van der Waals surface area contributed by atoms with Crippen LogP contribution in [0, 0.1) is 0 Å². The fraction of sp³-hybridized carbons (Fsp3) is 0.333. The average Bonchev–Trinajstić information content (AvgIpc) is 2.33. The lowest BCUT2D eigenvalue weighted by Crippen LogP contribution is -2.10. The van der Waals surface area contributed by atoms with Crippen molar-refractivity contribution in [3.8, 4) is 0 Å². The maximum Gasteiger partial charge on any atom is 0.260 e. The predicted molar refractivity (Wildman–Crippen MR) is 29.1 cm³/mol. The Kier molecular flexibility index (Phi) is 0.960. The maximum atomic E-state index is 5.02. The predicted octanol–water partition coefficient (Wildman–Crippen LogP) is 0.745. The first-order valence-electron chi connectivity index (χ1n) is 2.73. The molecule has 2 aliphatic heterocycles. The summed E-state index contributed by atoms with van der Waals surface area (Å²) in [4.78, 5) is 0. The summed E-state index contributed by atoms with van der Waals surface area (Å²) in [7, 11) is 0. The van der Waals surface area contributed by atoms with Gasteiger partial charge in [-0.2, -0.15) is 0 Å². The van der Waals surface area contributed by atoms with Gasteiger partial charge in [-0.25, -0.2) is 0 Å². The molecular weight excluding hydrogens is 120 g/mol. The molecule has 0 N–H and O–H groups in total. The molecule has 1 unspecified atom stereocenters. The van der Waals surface area contributed by atoms with Gasteiger partial charge in [0.25, 0.3) is 6.29 Å². The Morgan fingerprint density at radius 2 is 2.56 bits per heavy atom. The Labute approximate surface area is 52.5 Å². The third-order valence-electron chi connectivity index (χ3n) is 1.22. The van der Waals surface area contributed by atoms with Gasteiger partial charge in [0.1, 0.15) is 0 Å². The fourth-order valence-electron chi connectivity index (χ4n) is 0.798.